The molecule has 0 aliphatic carbocycles. The number of carbonyl (C=O) groups excluding carboxylic acids is 2. The van der Waals surface area contributed by atoms with E-state index in [-0.39, 0.29) is 29.7 Å². The molecule has 1 atom stereocenters. The first-order valence-corrected chi connectivity index (χ1v) is 16.8. The number of nitrogens with one attached hydrogen (secondary N) is 1. The largest absolute Gasteiger partial charge is 0.354 e. The Morgan fingerprint density at radius 3 is 2.00 bits per heavy atom. The van der Waals surface area contributed by atoms with E-state index in [1.54, 1.807) is 48.5 Å². The summed E-state index contributed by atoms with van der Waals surface area (Å²) in [5, 5.41) is 3.44. The second kappa shape index (κ2) is 15.2. The molecule has 4 rings (SSSR count). The minimum Gasteiger partial charge on any atom is -0.354 e. The van der Waals surface area contributed by atoms with E-state index < -0.39 is 28.5 Å². The third kappa shape index (κ3) is 8.96. The lowest BCUT2D eigenvalue weighted by Crippen LogP contribution is -2.53. The van der Waals surface area contributed by atoms with Crippen molar-refractivity contribution in [2.24, 2.45) is 5.92 Å². The van der Waals surface area contributed by atoms with Crippen molar-refractivity contribution >= 4 is 39.1 Å². The monoisotopic (exact) mass is 645 g/mol. The number of benzene rings is 4. The van der Waals surface area contributed by atoms with Gasteiger partial charge in [-0.15, -0.1) is 0 Å². The Hall–Kier alpha value is -4.14. The van der Waals surface area contributed by atoms with Crippen molar-refractivity contribution in [3.8, 4) is 0 Å². The second-order valence-electron chi connectivity index (χ2n) is 11.6. The number of anilines is 1. The van der Waals surface area contributed by atoms with Crippen LogP contribution in [0.5, 0.6) is 0 Å². The van der Waals surface area contributed by atoms with E-state index in [9.17, 15) is 18.0 Å². The highest BCUT2D eigenvalue weighted by Gasteiger charge is 2.35. The van der Waals surface area contributed by atoms with Gasteiger partial charge in [0.1, 0.15) is 12.6 Å². The SMILES string of the molecule is Cc1cc(C)cc(N(CC(=O)N(Cc2ccccc2Cl)[C@@H](Cc2ccccc2)C(=O)NCC(C)C)S(=O)(=O)c2ccccc2)c1. The van der Waals surface area contributed by atoms with Gasteiger partial charge in [0, 0.05) is 24.5 Å². The molecule has 0 aliphatic rings. The van der Waals surface area contributed by atoms with Gasteiger partial charge in [-0.25, -0.2) is 8.42 Å². The minimum atomic E-state index is -4.16. The fourth-order valence-corrected chi connectivity index (χ4v) is 6.74. The summed E-state index contributed by atoms with van der Waals surface area (Å²) in [5.74, 6) is -0.666. The molecule has 0 radical (unpaired) electrons. The van der Waals surface area contributed by atoms with Crippen molar-refractivity contribution in [1.29, 1.82) is 0 Å². The molecule has 45 heavy (non-hydrogen) atoms. The van der Waals surface area contributed by atoms with Crippen LogP contribution < -0.4 is 9.62 Å². The van der Waals surface area contributed by atoms with Gasteiger partial charge in [0.05, 0.1) is 10.6 Å². The molecule has 2 amide bonds. The van der Waals surface area contributed by atoms with E-state index in [2.05, 4.69) is 5.32 Å². The lowest BCUT2D eigenvalue weighted by atomic mass is 10.0. The number of carbonyl (C=O) groups is 2. The van der Waals surface area contributed by atoms with Gasteiger partial charge < -0.3 is 10.2 Å². The lowest BCUT2D eigenvalue weighted by Gasteiger charge is -2.34. The molecule has 0 unspecified atom stereocenters. The molecule has 0 aromatic heterocycles. The van der Waals surface area contributed by atoms with Crippen molar-refractivity contribution in [1.82, 2.24) is 10.2 Å². The number of hydrogen-bond acceptors (Lipinski definition) is 4. The molecule has 0 bridgehead atoms. The van der Waals surface area contributed by atoms with Crippen molar-refractivity contribution < 1.29 is 18.0 Å². The fraction of sp³-hybridized carbons (Fsp3) is 0.278. The number of sulfonamides is 1. The average molecular weight is 646 g/mol. The number of halogens is 1. The zero-order chi connectivity index (χ0) is 32.6. The van der Waals surface area contributed by atoms with E-state index in [0.29, 0.717) is 22.8 Å². The maximum atomic E-state index is 14.6. The Balaban J connectivity index is 1.82. The van der Waals surface area contributed by atoms with E-state index in [1.165, 1.54) is 17.0 Å². The Morgan fingerprint density at radius 1 is 0.822 bits per heavy atom. The lowest BCUT2D eigenvalue weighted by molar-refractivity contribution is -0.140. The number of aryl methyl sites for hydroxylation is 2. The summed E-state index contributed by atoms with van der Waals surface area (Å²) in [4.78, 5) is 29.9. The summed E-state index contributed by atoms with van der Waals surface area (Å²) in [5.41, 5.74) is 3.59. The fourth-order valence-electron chi connectivity index (χ4n) is 5.13. The summed E-state index contributed by atoms with van der Waals surface area (Å²) in [6.45, 7) is 7.67. The van der Waals surface area contributed by atoms with Crippen molar-refractivity contribution in [3.05, 3.63) is 130 Å². The van der Waals surface area contributed by atoms with Gasteiger partial charge in [-0.2, -0.15) is 0 Å². The molecule has 0 fully saturated rings. The first-order chi connectivity index (χ1) is 21.5. The normalized spacial score (nSPS) is 12.0. The van der Waals surface area contributed by atoms with Gasteiger partial charge in [0.25, 0.3) is 10.0 Å². The van der Waals surface area contributed by atoms with Crippen LogP contribution in [0.15, 0.2) is 108 Å². The smallest absolute Gasteiger partial charge is 0.264 e. The predicted octanol–water partition coefficient (Wildman–Crippen LogP) is 6.56. The van der Waals surface area contributed by atoms with Gasteiger partial charge in [0.2, 0.25) is 11.8 Å². The third-order valence-corrected chi connectivity index (χ3v) is 9.52. The number of amides is 2. The van der Waals surface area contributed by atoms with E-state index in [1.807, 2.05) is 70.2 Å². The zero-order valence-electron chi connectivity index (χ0n) is 26.1. The average Bonchev–Trinajstić information content (AvgIpc) is 3.01. The topological polar surface area (TPSA) is 86.8 Å². The number of hydrogen-bond donors (Lipinski definition) is 1. The minimum absolute atomic E-state index is 0.0111. The summed E-state index contributed by atoms with van der Waals surface area (Å²) >= 11 is 6.56. The van der Waals surface area contributed by atoms with Gasteiger partial charge in [-0.1, -0.05) is 98.2 Å². The molecule has 236 valence electrons. The van der Waals surface area contributed by atoms with E-state index in [4.69, 9.17) is 11.6 Å². The molecule has 0 saturated heterocycles. The highest BCUT2D eigenvalue weighted by Crippen LogP contribution is 2.27. The van der Waals surface area contributed by atoms with Crippen LogP contribution in [0, 0.1) is 19.8 Å². The van der Waals surface area contributed by atoms with Crippen LogP contribution in [0.25, 0.3) is 0 Å². The van der Waals surface area contributed by atoms with Crippen LogP contribution in [0.2, 0.25) is 5.02 Å². The Bertz CT molecular complexity index is 1690. The Kier molecular flexibility index (Phi) is 11.4. The first kappa shape index (κ1) is 33.7. The van der Waals surface area contributed by atoms with Gasteiger partial charge in [-0.05, 0) is 72.4 Å². The molecule has 4 aromatic carbocycles. The maximum Gasteiger partial charge on any atom is 0.264 e. The zero-order valence-corrected chi connectivity index (χ0v) is 27.7. The highest BCUT2D eigenvalue weighted by atomic mass is 35.5. The van der Waals surface area contributed by atoms with Crippen LogP contribution in [0.1, 0.15) is 36.1 Å². The third-order valence-electron chi connectivity index (χ3n) is 7.36. The predicted molar refractivity (Wildman–Crippen MR) is 181 cm³/mol. The molecule has 0 spiro atoms. The molecule has 1 N–H and O–H groups in total. The molecule has 0 saturated carbocycles. The standard InChI is InChI=1S/C36H40ClN3O4S/c1-26(2)23-38-36(42)34(22-29-13-7-5-8-14-29)39(24-30-15-11-12-18-33(30)37)35(41)25-40(31-20-27(3)19-28(4)21-31)45(43,44)32-16-9-6-10-17-32/h5-21,26,34H,22-25H2,1-4H3,(H,38,42)/t34-/m0/s1. The molecule has 4 aromatic rings. The molecule has 0 aliphatic heterocycles. The molecule has 0 heterocycles. The van der Waals surface area contributed by atoms with Crippen LogP contribution in [-0.4, -0.2) is 44.3 Å². The quantitative estimate of drug-likeness (QED) is 0.178. The van der Waals surface area contributed by atoms with E-state index in [0.717, 1.165) is 21.0 Å². The van der Waals surface area contributed by atoms with Crippen molar-refractivity contribution in [2.75, 3.05) is 17.4 Å². The summed E-state index contributed by atoms with van der Waals surface area (Å²) in [6.07, 6.45) is 0.232. The van der Waals surface area contributed by atoms with Gasteiger partial charge in [-0.3, -0.25) is 13.9 Å². The Morgan fingerprint density at radius 2 is 1.40 bits per heavy atom. The summed E-state index contributed by atoms with van der Waals surface area (Å²) < 4.78 is 29.4. The molecule has 9 heteroatoms. The molecular weight excluding hydrogens is 606 g/mol. The highest BCUT2D eigenvalue weighted by molar-refractivity contribution is 7.92. The second-order valence-corrected chi connectivity index (χ2v) is 13.9. The first-order valence-electron chi connectivity index (χ1n) is 15.0. The van der Waals surface area contributed by atoms with Crippen LogP contribution in [0.3, 0.4) is 0 Å². The molecule has 7 nitrogen and oxygen atoms in total. The summed E-state index contributed by atoms with van der Waals surface area (Å²) in [6, 6.07) is 29.1. The number of nitrogens with zero attached hydrogens (tertiary/aromatic N) is 2. The van der Waals surface area contributed by atoms with Gasteiger partial charge >= 0.3 is 0 Å². The summed E-state index contributed by atoms with van der Waals surface area (Å²) in [7, 11) is -4.16. The van der Waals surface area contributed by atoms with Gasteiger partial charge in [0.15, 0.2) is 0 Å². The number of rotatable bonds is 13. The molecular formula is C36H40ClN3O4S. The maximum absolute atomic E-state index is 14.6. The van der Waals surface area contributed by atoms with E-state index >= 15 is 0 Å². The Labute approximate surface area is 271 Å². The van der Waals surface area contributed by atoms with Crippen molar-refractivity contribution in [2.45, 2.75) is 51.6 Å². The van der Waals surface area contributed by atoms with Crippen LogP contribution >= 0.6 is 11.6 Å². The van der Waals surface area contributed by atoms with Crippen LogP contribution in [-0.2, 0) is 32.6 Å². The van der Waals surface area contributed by atoms with Crippen molar-refractivity contribution in [3.63, 3.8) is 0 Å². The van der Waals surface area contributed by atoms with Crippen LogP contribution in [0.4, 0.5) is 5.69 Å².